The van der Waals surface area contributed by atoms with Gasteiger partial charge in [0.1, 0.15) is 23.9 Å². The van der Waals surface area contributed by atoms with E-state index in [9.17, 15) is 32.3 Å². The third-order valence-electron chi connectivity index (χ3n) is 21.4. The average Bonchev–Trinajstić information content (AvgIpc) is 1.52. The van der Waals surface area contributed by atoms with Crippen LogP contribution in [0.5, 0.6) is 17.2 Å². The van der Waals surface area contributed by atoms with Gasteiger partial charge < -0.3 is 23.7 Å². The molecular formula is C86H90F3O9S3+3. The standard InChI is InChI=1S/C31H33O2S.C30H31O4S.C25H26F3O3S/c1-21-13-28(34(26-9-5-3-6-10-26)27-11-7-4-8-12-27)14-22(2)29(21)33-30(32)31-18-23-15-24(19-31)17-25(16-23)20-31;1-20-18-24(35(22-12-8-6-9-13-22)23-14-10-7-11-15-23)19-21(2)25(20)33-27(32)30-17-16-29(5,26(31)34-30)28(30,3)4;1-18-15-22(32(20-9-5-3-6-10-20)21-11-7-4-8-12-21)16-19(2)24(18)31-17-23(29)30-14-13-25(26,27)28/h3-14,23-25H,15-20H2,1-2H3;6-15,18-19H,16-17H2,1-5H3;3-11,15-16,21H,12-14,17H2,1-2H3/q3*+1. The van der Waals surface area contributed by atoms with Crippen LogP contribution in [0, 0.1) is 75.5 Å². The Morgan fingerprint density at radius 1 is 0.505 bits per heavy atom. The first-order valence-electron chi connectivity index (χ1n) is 35.0. The fourth-order valence-corrected chi connectivity index (χ4v) is 23.5. The number of halogens is 3. The number of carbonyl (C=O) groups is 4. The Bertz CT molecular complexity index is 4190. The van der Waals surface area contributed by atoms with Crippen LogP contribution < -0.4 is 14.2 Å². The van der Waals surface area contributed by atoms with Crippen LogP contribution in [-0.4, -0.2) is 54.1 Å². The molecule has 15 rings (SSSR count). The number of aryl methyl sites for hydroxylation is 6. The quantitative estimate of drug-likeness (QED) is 0.0471. The van der Waals surface area contributed by atoms with Gasteiger partial charge in [-0.2, -0.15) is 13.2 Å². The van der Waals surface area contributed by atoms with E-state index in [0.29, 0.717) is 29.6 Å². The van der Waals surface area contributed by atoms with Crippen LogP contribution in [0.25, 0.3) is 0 Å². The smallest absolute Gasteiger partial charge is 0.392 e. The van der Waals surface area contributed by atoms with Gasteiger partial charge in [-0.3, -0.25) is 9.59 Å². The molecule has 15 heteroatoms. The maximum Gasteiger partial charge on any atom is 0.392 e. The first-order chi connectivity index (χ1) is 48.4. The number of rotatable bonds is 18. The molecule has 6 aliphatic carbocycles. The van der Waals surface area contributed by atoms with Crippen LogP contribution in [0.4, 0.5) is 13.2 Å². The van der Waals surface area contributed by atoms with Gasteiger partial charge in [0.05, 0.1) is 49.9 Å². The van der Waals surface area contributed by atoms with Gasteiger partial charge in [0.15, 0.2) is 51.0 Å². The second-order valence-corrected chi connectivity index (χ2v) is 35.1. The van der Waals surface area contributed by atoms with E-state index in [1.54, 1.807) is 0 Å². The molecule has 6 bridgehead atoms. The molecular weight excluding hydrogens is 1330 g/mol. The second kappa shape index (κ2) is 30.4. The van der Waals surface area contributed by atoms with Crippen LogP contribution in [0.1, 0.15) is 118 Å². The van der Waals surface area contributed by atoms with E-state index in [4.69, 9.17) is 18.9 Å². The SMILES string of the molecule is Cc1cc([S+](c2ccccc2)C2C=CC=CC2)cc(C)c1OCC(=O)OCCC(F)(F)F.Cc1cc([S+](c2ccccc2)c2ccccc2)cc(C)c1OC(=O)C12CC3CC(CC(C3)C1)C2.Cc1cc([S+](c2ccccc2)c2ccccc2)cc(C)c1OC(=O)C12CCC(C)(C(=O)O1)C2(C)C. The minimum Gasteiger partial charge on any atom is -0.481 e. The largest absolute Gasteiger partial charge is 0.481 e. The molecule has 0 aromatic heterocycles. The molecule has 4 atom stereocenters. The molecule has 6 fully saturated rings. The predicted molar refractivity (Wildman–Crippen MR) is 394 cm³/mol. The van der Waals surface area contributed by atoms with Gasteiger partial charge in [-0.1, -0.05) is 123 Å². The number of hydrogen-bond acceptors (Lipinski definition) is 9. The molecule has 8 aromatic rings. The van der Waals surface area contributed by atoms with Gasteiger partial charge in [0, 0.05) is 48.2 Å². The molecule has 0 amide bonds. The van der Waals surface area contributed by atoms with E-state index in [2.05, 4.69) is 201 Å². The van der Waals surface area contributed by atoms with Crippen molar-refractivity contribution in [3.63, 3.8) is 0 Å². The third kappa shape index (κ3) is 15.4. The van der Waals surface area contributed by atoms with Crippen molar-refractivity contribution in [1.82, 2.24) is 0 Å². The lowest BCUT2D eigenvalue weighted by Crippen LogP contribution is -2.51. The minimum absolute atomic E-state index is 0.0377. The highest BCUT2D eigenvalue weighted by atomic mass is 32.2. The highest BCUT2D eigenvalue weighted by Gasteiger charge is 2.76. The summed E-state index contributed by atoms with van der Waals surface area (Å²) in [6.45, 7) is 16.6. The normalized spacial score (nSPS) is 22.9. The Hall–Kier alpha value is -8.24. The fourth-order valence-electron chi connectivity index (χ4n) is 16.4. The first-order valence-corrected chi connectivity index (χ1v) is 38.8. The average molecular weight is 1420 g/mol. The molecule has 101 heavy (non-hydrogen) atoms. The Kier molecular flexibility index (Phi) is 21.8. The zero-order valence-corrected chi connectivity index (χ0v) is 61.5. The molecule has 7 aliphatic rings. The van der Waals surface area contributed by atoms with Crippen LogP contribution in [0.15, 0.2) is 252 Å². The van der Waals surface area contributed by atoms with Crippen molar-refractivity contribution in [3.05, 3.63) is 246 Å². The van der Waals surface area contributed by atoms with Gasteiger partial charge >= 0.3 is 30.1 Å². The molecule has 4 unspecified atom stereocenters. The van der Waals surface area contributed by atoms with Crippen molar-refractivity contribution in [1.29, 1.82) is 0 Å². The van der Waals surface area contributed by atoms with Gasteiger partial charge in [-0.15, -0.1) is 0 Å². The van der Waals surface area contributed by atoms with Crippen LogP contribution in [0.2, 0.25) is 0 Å². The molecule has 8 aromatic carbocycles. The summed E-state index contributed by atoms with van der Waals surface area (Å²) < 4.78 is 64.9. The number of carbonyl (C=O) groups excluding carboxylic acids is 4. The minimum atomic E-state index is -4.36. The van der Waals surface area contributed by atoms with Crippen molar-refractivity contribution in [2.45, 2.75) is 183 Å². The zero-order valence-electron chi connectivity index (χ0n) is 59.0. The number of benzene rings is 8. The van der Waals surface area contributed by atoms with Crippen molar-refractivity contribution >= 4 is 56.6 Å². The summed E-state index contributed by atoms with van der Waals surface area (Å²) in [6.07, 6.45) is 12.2. The van der Waals surface area contributed by atoms with Crippen molar-refractivity contribution in [3.8, 4) is 17.2 Å². The van der Waals surface area contributed by atoms with Gasteiger partial charge in [0.2, 0.25) is 5.60 Å². The zero-order chi connectivity index (χ0) is 71.4. The molecule has 9 nitrogen and oxygen atoms in total. The van der Waals surface area contributed by atoms with Gasteiger partial charge in [-0.05, 0) is 218 Å². The van der Waals surface area contributed by atoms with E-state index in [1.807, 2.05) is 78.8 Å². The van der Waals surface area contributed by atoms with Crippen molar-refractivity contribution < 1.29 is 56.0 Å². The molecule has 5 saturated carbocycles. The summed E-state index contributed by atoms with van der Waals surface area (Å²) in [5, 5.41) is 0.344. The summed E-state index contributed by atoms with van der Waals surface area (Å²) >= 11 is 0. The summed E-state index contributed by atoms with van der Waals surface area (Å²) in [4.78, 5) is 61.5. The lowest BCUT2D eigenvalue weighted by Gasteiger charge is -2.55. The Labute approximate surface area is 601 Å². The number of allylic oxidation sites excluding steroid dienone is 3. The highest BCUT2D eigenvalue weighted by Crippen LogP contribution is 2.66. The summed E-state index contributed by atoms with van der Waals surface area (Å²) in [5.41, 5.74) is 2.84. The maximum atomic E-state index is 13.6. The monoisotopic (exact) mass is 1420 g/mol. The first kappa shape index (κ1) is 72.5. The van der Waals surface area contributed by atoms with Crippen LogP contribution in [0.3, 0.4) is 0 Å². The lowest BCUT2D eigenvalue weighted by molar-refractivity contribution is -0.176. The van der Waals surface area contributed by atoms with E-state index in [-0.39, 0.29) is 50.0 Å². The number of ether oxygens (including phenoxy) is 5. The van der Waals surface area contributed by atoms with E-state index < -0.39 is 54.2 Å². The number of fused-ring (bicyclic) bond motifs is 2. The van der Waals surface area contributed by atoms with Crippen LogP contribution in [-0.2, 0) is 61.3 Å². The number of alkyl halides is 3. The molecule has 1 aliphatic heterocycles. The molecule has 1 saturated heterocycles. The number of hydrogen-bond donors (Lipinski definition) is 0. The highest BCUT2D eigenvalue weighted by molar-refractivity contribution is 7.98. The molecule has 0 spiro atoms. The lowest BCUT2D eigenvalue weighted by atomic mass is 9.49. The maximum absolute atomic E-state index is 13.6. The van der Waals surface area contributed by atoms with Crippen molar-refractivity contribution in [2.75, 3.05) is 13.2 Å². The molecule has 524 valence electrons. The second-order valence-electron chi connectivity index (χ2n) is 28.8. The van der Waals surface area contributed by atoms with Gasteiger partial charge in [0.25, 0.3) is 0 Å². The third-order valence-corrected chi connectivity index (χ3v) is 28.3. The number of esters is 4. The van der Waals surface area contributed by atoms with Crippen molar-refractivity contribution in [2.24, 2.45) is 34.0 Å². The van der Waals surface area contributed by atoms with E-state index >= 15 is 0 Å². The fraction of sp³-hybridized carbons (Fsp3) is 0.349. The topological polar surface area (TPSA) is 114 Å². The van der Waals surface area contributed by atoms with E-state index in [0.717, 1.165) is 87.5 Å². The Morgan fingerprint density at radius 3 is 1.28 bits per heavy atom. The summed E-state index contributed by atoms with van der Waals surface area (Å²) in [6, 6.07) is 65.5. The summed E-state index contributed by atoms with van der Waals surface area (Å²) in [7, 11) is -0.683. The van der Waals surface area contributed by atoms with Crippen LogP contribution >= 0.6 is 0 Å². The summed E-state index contributed by atoms with van der Waals surface area (Å²) in [5.74, 6) is 2.53. The Morgan fingerprint density at radius 2 is 0.901 bits per heavy atom. The molecule has 1 heterocycles. The predicted octanol–water partition coefficient (Wildman–Crippen LogP) is 20.0. The van der Waals surface area contributed by atoms with E-state index in [1.165, 1.54) is 53.5 Å². The molecule has 0 N–H and O–H groups in total. The van der Waals surface area contributed by atoms with Gasteiger partial charge in [-0.25, -0.2) is 9.59 Å². The Balaban J connectivity index is 0.000000144. The molecule has 0 radical (unpaired) electrons.